The molecule has 0 aliphatic carbocycles. The van der Waals surface area contributed by atoms with Crippen molar-refractivity contribution in [2.24, 2.45) is 12.8 Å². The van der Waals surface area contributed by atoms with Gasteiger partial charge in [0.1, 0.15) is 17.3 Å². The number of rotatable bonds is 4. The minimum absolute atomic E-state index is 0.00370. The zero-order valence-corrected chi connectivity index (χ0v) is 9.06. The van der Waals surface area contributed by atoms with E-state index in [9.17, 15) is 4.79 Å². The van der Waals surface area contributed by atoms with Crippen molar-refractivity contribution in [2.45, 2.75) is 19.9 Å². The molecule has 82 valence electrons. The van der Waals surface area contributed by atoms with E-state index in [0.717, 1.165) is 0 Å². The zero-order valence-electron chi connectivity index (χ0n) is 9.06. The molecular formula is C9H15N5O. The predicted molar refractivity (Wildman–Crippen MR) is 57.9 cm³/mol. The fourth-order valence-electron chi connectivity index (χ4n) is 1.33. The van der Waals surface area contributed by atoms with Crippen molar-refractivity contribution < 1.29 is 4.79 Å². The van der Waals surface area contributed by atoms with E-state index in [2.05, 4.69) is 4.98 Å². The molecule has 1 amide bonds. The van der Waals surface area contributed by atoms with Crippen LogP contribution < -0.4 is 10.6 Å². The Morgan fingerprint density at radius 2 is 2.33 bits per heavy atom. The van der Waals surface area contributed by atoms with Crippen LogP contribution in [0, 0.1) is 5.41 Å². The molecule has 0 fully saturated rings. The van der Waals surface area contributed by atoms with Gasteiger partial charge in [-0.2, -0.15) is 0 Å². The van der Waals surface area contributed by atoms with E-state index < -0.39 is 0 Å². The Morgan fingerprint density at radius 1 is 1.73 bits per heavy atom. The van der Waals surface area contributed by atoms with E-state index >= 15 is 0 Å². The monoisotopic (exact) mass is 209 g/mol. The second kappa shape index (κ2) is 4.12. The van der Waals surface area contributed by atoms with Crippen LogP contribution in [0.25, 0.3) is 0 Å². The first-order chi connectivity index (χ1) is 6.99. The average Bonchev–Trinajstić information content (AvgIpc) is 2.49. The summed E-state index contributed by atoms with van der Waals surface area (Å²) in [6.07, 6.45) is 2.25. The first-order valence-corrected chi connectivity index (χ1v) is 4.58. The second-order valence-corrected chi connectivity index (χ2v) is 3.55. The number of hydrogen-bond donors (Lipinski definition) is 2. The molecule has 0 aromatic carbocycles. The maximum Gasteiger partial charge on any atom is 0.215 e. The molecule has 0 saturated carbocycles. The molecule has 0 saturated heterocycles. The van der Waals surface area contributed by atoms with Crippen LogP contribution in [0.5, 0.6) is 0 Å². The summed E-state index contributed by atoms with van der Waals surface area (Å²) < 4.78 is 1.67. The van der Waals surface area contributed by atoms with Gasteiger partial charge in [-0.25, -0.2) is 4.98 Å². The van der Waals surface area contributed by atoms with Crippen LogP contribution in [0.4, 0.5) is 5.82 Å². The summed E-state index contributed by atoms with van der Waals surface area (Å²) >= 11 is 0. The number of amidine groups is 1. The summed E-state index contributed by atoms with van der Waals surface area (Å²) in [4.78, 5) is 16.4. The SMILES string of the molecule is CC(C)N(C=O)c1c(C(=N)N)ncn1C. The van der Waals surface area contributed by atoms with E-state index in [1.165, 1.54) is 11.2 Å². The fourth-order valence-corrected chi connectivity index (χ4v) is 1.33. The number of aryl methyl sites for hydroxylation is 1. The van der Waals surface area contributed by atoms with Gasteiger partial charge in [0.25, 0.3) is 0 Å². The fraction of sp³-hybridized carbons (Fsp3) is 0.444. The summed E-state index contributed by atoms with van der Waals surface area (Å²) in [6.45, 7) is 3.76. The molecule has 3 N–H and O–H groups in total. The Bertz CT molecular complexity index is 382. The van der Waals surface area contributed by atoms with Crippen molar-refractivity contribution >= 4 is 18.1 Å². The lowest BCUT2D eigenvalue weighted by Crippen LogP contribution is -2.32. The first kappa shape index (κ1) is 11.2. The van der Waals surface area contributed by atoms with Crippen LogP contribution in [-0.4, -0.2) is 27.8 Å². The van der Waals surface area contributed by atoms with Gasteiger partial charge in [-0.1, -0.05) is 0 Å². The van der Waals surface area contributed by atoms with Gasteiger partial charge in [-0.3, -0.25) is 15.1 Å². The molecule has 1 heterocycles. The van der Waals surface area contributed by atoms with Gasteiger partial charge in [0.2, 0.25) is 6.41 Å². The number of anilines is 1. The lowest BCUT2D eigenvalue weighted by molar-refractivity contribution is -0.107. The van der Waals surface area contributed by atoms with Crippen LogP contribution >= 0.6 is 0 Å². The van der Waals surface area contributed by atoms with Crippen molar-refractivity contribution in [3.05, 3.63) is 12.0 Å². The molecule has 0 aliphatic rings. The number of nitrogens with zero attached hydrogens (tertiary/aromatic N) is 3. The minimum atomic E-state index is -0.141. The van der Waals surface area contributed by atoms with Crippen molar-refractivity contribution in [2.75, 3.05) is 4.90 Å². The topological polar surface area (TPSA) is 88.0 Å². The lowest BCUT2D eigenvalue weighted by Gasteiger charge is -2.22. The van der Waals surface area contributed by atoms with Crippen molar-refractivity contribution in [1.82, 2.24) is 9.55 Å². The number of nitrogens with two attached hydrogens (primary N) is 1. The Hall–Kier alpha value is -1.85. The third-order valence-electron chi connectivity index (χ3n) is 2.08. The summed E-state index contributed by atoms with van der Waals surface area (Å²) in [5.41, 5.74) is 5.72. The summed E-state index contributed by atoms with van der Waals surface area (Å²) in [6, 6.07) is -0.00370. The van der Waals surface area contributed by atoms with Gasteiger partial charge < -0.3 is 10.3 Å². The summed E-state index contributed by atoms with van der Waals surface area (Å²) in [7, 11) is 1.76. The van der Waals surface area contributed by atoms with E-state index in [4.69, 9.17) is 11.1 Å². The number of nitrogen functional groups attached to an aromatic ring is 1. The molecular weight excluding hydrogens is 194 g/mol. The molecule has 1 aromatic heterocycles. The third kappa shape index (κ3) is 1.98. The highest BCUT2D eigenvalue weighted by Gasteiger charge is 2.19. The number of carbonyl (C=O) groups is 1. The Morgan fingerprint density at radius 3 is 2.73 bits per heavy atom. The maximum absolute atomic E-state index is 10.9. The second-order valence-electron chi connectivity index (χ2n) is 3.55. The average molecular weight is 209 g/mol. The minimum Gasteiger partial charge on any atom is -0.382 e. The molecule has 0 aliphatic heterocycles. The standard InChI is InChI=1S/C9H15N5O/c1-6(2)14(5-15)9-7(8(10)11)12-4-13(9)3/h4-6H,1-3H3,(H3,10,11). The number of carbonyl (C=O) groups excluding carboxylic acids is 1. The first-order valence-electron chi connectivity index (χ1n) is 4.58. The quantitative estimate of drug-likeness (QED) is 0.418. The molecule has 0 atom stereocenters. The van der Waals surface area contributed by atoms with Gasteiger partial charge in [-0.15, -0.1) is 0 Å². The van der Waals surface area contributed by atoms with Gasteiger partial charge in [0, 0.05) is 13.1 Å². The van der Waals surface area contributed by atoms with Crippen molar-refractivity contribution in [3.63, 3.8) is 0 Å². The van der Waals surface area contributed by atoms with E-state index in [1.807, 2.05) is 13.8 Å². The van der Waals surface area contributed by atoms with Crippen molar-refractivity contribution in [1.29, 1.82) is 5.41 Å². The third-order valence-corrected chi connectivity index (χ3v) is 2.08. The van der Waals surface area contributed by atoms with Crippen LogP contribution in [0.1, 0.15) is 19.5 Å². The smallest absolute Gasteiger partial charge is 0.215 e. The number of imidazole rings is 1. The highest BCUT2D eigenvalue weighted by molar-refractivity contribution is 5.99. The molecule has 0 bridgehead atoms. The predicted octanol–water partition coefficient (Wildman–Crippen LogP) is 0.0754. The molecule has 0 radical (unpaired) electrons. The molecule has 6 heteroatoms. The van der Waals surface area contributed by atoms with E-state index in [0.29, 0.717) is 17.9 Å². The largest absolute Gasteiger partial charge is 0.382 e. The molecule has 0 spiro atoms. The summed E-state index contributed by atoms with van der Waals surface area (Å²) in [5.74, 6) is 0.408. The number of nitrogens with one attached hydrogen (secondary N) is 1. The molecule has 0 unspecified atom stereocenters. The maximum atomic E-state index is 10.9. The lowest BCUT2D eigenvalue weighted by atomic mass is 10.3. The Kier molecular flexibility index (Phi) is 3.08. The molecule has 1 rings (SSSR count). The van der Waals surface area contributed by atoms with Gasteiger partial charge in [0.05, 0.1) is 6.33 Å². The van der Waals surface area contributed by atoms with Crippen LogP contribution in [-0.2, 0) is 11.8 Å². The zero-order chi connectivity index (χ0) is 11.6. The molecule has 1 aromatic rings. The van der Waals surface area contributed by atoms with Crippen LogP contribution in [0.2, 0.25) is 0 Å². The Labute approximate surface area is 88.2 Å². The normalized spacial score (nSPS) is 10.4. The number of amides is 1. The van der Waals surface area contributed by atoms with E-state index in [-0.39, 0.29) is 11.9 Å². The van der Waals surface area contributed by atoms with Gasteiger partial charge in [-0.05, 0) is 13.8 Å². The van der Waals surface area contributed by atoms with Gasteiger partial charge in [0.15, 0.2) is 0 Å². The van der Waals surface area contributed by atoms with Crippen LogP contribution in [0.3, 0.4) is 0 Å². The van der Waals surface area contributed by atoms with Gasteiger partial charge >= 0.3 is 0 Å². The molecule has 15 heavy (non-hydrogen) atoms. The highest BCUT2D eigenvalue weighted by atomic mass is 16.1. The van der Waals surface area contributed by atoms with Crippen LogP contribution in [0.15, 0.2) is 6.33 Å². The highest BCUT2D eigenvalue weighted by Crippen LogP contribution is 2.19. The number of aromatic nitrogens is 2. The van der Waals surface area contributed by atoms with E-state index in [1.54, 1.807) is 11.6 Å². The summed E-state index contributed by atoms with van der Waals surface area (Å²) in [5, 5.41) is 7.36. The molecule has 6 nitrogen and oxygen atoms in total. The van der Waals surface area contributed by atoms with Crippen molar-refractivity contribution in [3.8, 4) is 0 Å². The number of hydrogen-bond acceptors (Lipinski definition) is 3. The Balaban J connectivity index is 3.26.